The van der Waals surface area contributed by atoms with Crippen molar-refractivity contribution in [3.05, 3.63) is 83.2 Å². The number of carbonyl (C=O) groups excluding carboxylic acids is 1. The number of rotatable bonds is 9. The van der Waals surface area contributed by atoms with Crippen molar-refractivity contribution >= 4 is 11.6 Å². The van der Waals surface area contributed by atoms with Crippen LogP contribution in [0.4, 0.5) is 5.69 Å². The molecule has 2 aromatic carbocycles. The summed E-state index contributed by atoms with van der Waals surface area (Å²) in [6, 6.07) is 19.2. The average molecular weight is 419 g/mol. The Morgan fingerprint density at radius 3 is 2.52 bits per heavy atom. The third-order valence-electron chi connectivity index (χ3n) is 5.08. The van der Waals surface area contributed by atoms with Crippen LogP contribution in [0.5, 0.6) is 11.5 Å². The lowest BCUT2D eigenvalue weighted by Crippen LogP contribution is -2.16. The summed E-state index contributed by atoms with van der Waals surface area (Å²) in [7, 11) is 1.68. The molecular formula is C26H30N2O3. The molecule has 1 atom stereocenters. The number of aryl methyl sites for hydroxylation is 2. The van der Waals surface area contributed by atoms with Gasteiger partial charge >= 0.3 is 0 Å². The highest BCUT2D eigenvalue weighted by molar-refractivity contribution is 6.05. The highest BCUT2D eigenvalue weighted by Crippen LogP contribution is 2.25. The van der Waals surface area contributed by atoms with Gasteiger partial charge in [0.25, 0.3) is 5.91 Å². The second-order valence-electron chi connectivity index (χ2n) is 7.66. The lowest BCUT2D eigenvalue weighted by Gasteiger charge is -2.12. The summed E-state index contributed by atoms with van der Waals surface area (Å²) < 4.78 is 11.2. The van der Waals surface area contributed by atoms with E-state index in [1.54, 1.807) is 7.11 Å². The summed E-state index contributed by atoms with van der Waals surface area (Å²) in [6.45, 7) is 6.00. The normalized spacial score (nSPS) is 11.7. The third-order valence-corrected chi connectivity index (χ3v) is 5.08. The van der Waals surface area contributed by atoms with E-state index in [1.165, 1.54) is 5.56 Å². The molecule has 0 saturated heterocycles. The smallest absolute Gasteiger partial charge is 0.257 e. The van der Waals surface area contributed by atoms with Crippen LogP contribution in [0.1, 0.15) is 47.6 Å². The average Bonchev–Trinajstić information content (AvgIpc) is 2.75. The van der Waals surface area contributed by atoms with Crippen molar-refractivity contribution in [3.8, 4) is 11.5 Å². The zero-order valence-electron chi connectivity index (χ0n) is 18.6. The van der Waals surface area contributed by atoms with Crippen LogP contribution in [-0.4, -0.2) is 24.1 Å². The van der Waals surface area contributed by atoms with Crippen LogP contribution in [0.25, 0.3) is 0 Å². The summed E-state index contributed by atoms with van der Waals surface area (Å²) >= 11 is 0. The van der Waals surface area contributed by atoms with Crippen molar-refractivity contribution in [2.24, 2.45) is 0 Å². The number of amides is 1. The predicted octanol–water partition coefficient (Wildman–Crippen LogP) is 5.96. The van der Waals surface area contributed by atoms with E-state index in [9.17, 15) is 4.79 Å². The van der Waals surface area contributed by atoms with Gasteiger partial charge in [0, 0.05) is 31.0 Å². The first-order valence-electron chi connectivity index (χ1n) is 10.7. The van der Waals surface area contributed by atoms with Gasteiger partial charge in [0.05, 0.1) is 17.4 Å². The van der Waals surface area contributed by atoms with Crippen molar-refractivity contribution in [2.75, 3.05) is 12.4 Å². The van der Waals surface area contributed by atoms with Crippen molar-refractivity contribution in [1.82, 2.24) is 4.98 Å². The number of ether oxygens (including phenoxy) is 2. The van der Waals surface area contributed by atoms with Gasteiger partial charge < -0.3 is 14.8 Å². The van der Waals surface area contributed by atoms with Crippen LogP contribution < -0.4 is 10.1 Å². The van der Waals surface area contributed by atoms with Gasteiger partial charge in [0.1, 0.15) is 11.5 Å². The Labute approximate surface area is 184 Å². The fourth-order valence-electron chi connectivity index (χ4n) is 3.33. The Bertz CT molecular complexity index is 1020. The Kier molecular flexibility index (Phi) is 7.79. The summed E-state index contributed by atoms with van der Waals surface area (Å²) in [5.41, 5.74) is 4.11. The zero-order chi connectivity index (χ0) is 22.2. The Morgan fingerprint density at radius 1 is 1.06 bits per heavy atom. The molecule has 0 aliphatic rings. The summed E-state index contributed by atoms with van der Waals surface area (Å²) in [5, 5.41) is 2.94. The van der Waals surface area contributed by atoms with Gasteiger partial charge in [-0.25, -0.2) is 0 Å². The van der Waals surface area contributed by atoms with Gasteiger partial charge in [-0.15, -0.1) is 0 Å². The minimum Gasteiger partial charge on any atom is -0.457 e. The van der Waals surface area contributed by atoms with Crippen LogP contribution in [0, 0.1) is 6.92 Å². The number of methoxy groups -OCH3 is 1. The molecule has 5 nitrogen and oxygen atoms in total. The molecule has 162 valence electrons. The van der Waals surface area contributed by atoms with Crippen LogP contribution >= 0.6 is 0 Å². The number of pyridine rings is 1. The van der Waals surface area contributed by atoms with Gasteiger partial charge in [-0.05, 0) is 62.2 Å². The summed E-state index contributed by atoms with van der Waals surface area (Å²) in [4.78, 5) is 17.3. The summed E-state index contributed by atoms with van der Waals surface area (Å²) in [5.74, 6) is 1.24. The fourth-order valence-corrected chi connectivity index (χ4v) is 3.33. The van der Waals surface area contributed by atoms with Gasteiger partial charge in [-0.1, -0.05) is 31.5 Å². The number of carbonyl (C=O) groups is 1. The highest BCUT2D eigenvalue weighted by atomic mass is 16.5. The van der Waals surface area contributed by atoms with Gasteiger partial charge in [0.2, 0.25) is 0 Å². The zero-order valence-corrected chi connectivity index (χ0v) is 18.6. The van der Waals surface area contributed by atoms with Crippen molar-refractivity contribution in [2.45, 2.75) is 46.1 Å². The van der Waals surface area contributed by atoms with Crippen molar-refractivity contribution in [1.29, 1.82) is 0 Å². The van der Waals surface area contributed by atoms with E-state index in [0.717, 1.165) is 24.3 Å². The van der Waals surface area contributed by atoms with E-state index in [4.69, 9.17) is 9.47 Å². The molecule has 0 aliphatic heterocycles. The van der Waals surface area contributed by atoms with Gasteiger partial charge in [0.15, 0.2) is 0 Å². The van der Waals surface area contributed by atoms with E-state index < -0.39 is 0 Å². The Morgan fingerprint density at radius 2 is 1.84 bits per heavy atom. The van der Waals surface area contributed by atoms with Crippen LogP contribution in [0.15, 0.2) is 60.7 Å². The minimum atomic E-state index is -0.197. The molecule has 0 aliphatic carbocycles. The Balaban J connectivity index is 1.67. The molecule has 0 spiro atoms. The molecule has 1 aromatic heterocycles. The number of hydrogen-bond donors (Lipinski definition) is 1. The van der Waals surface area contributed by atoms with E-state index in [-0.39, 0.29) is 12.0 Å². The number of hydrogen-bond acceptors (Lipinski definition) is 4. The maximum atomic E-state index is 12.8. The first-order chi connectivity index (χ1) is 15.0. The molecule has 1 heterocycles. The molecule has 0 bridgehead atoms. The van der Waals surface area contributed by atoms with Crippen molar-refractivity contribution in [3.63, 3.8) is 0 Å². The second-order valence-corrected chi connectivity index (χ2v) is 7.66. The quantitative estimate of drug-likeness (QED) is 0.465. The number of aromatic nitrogens is 1. The number of benzene rings is 2. The molecule has 0 radical (unpaired) electrons. The number of nitrogens with one attached hydrogen (secondary N) is 1. The molecule has 5 heteroatoms. The first kappa shape index (κ1) is 22.5. The minimum absolute atomic E-state index is 0.0807. The van der Waals surface area contributed by atoms with E-state index in [0.29, 0.717) is 29.1 Å². The van der Waals surface area contributed by atoms with Crippen LogP contribution in [0.3, 0.4) is 0 Å². The predicted molar refractivity (Wildman–Crippen MR) is 124 cm³/mol. The lowest BCUT2D eigenvalue weighted by molar-refractivity contribution is 0.102. The second kappa shape index (κ2) is 10.7. The topological polar surface area (TPSA) is 60.5 Å². The van der Waals surface area contributed by atoms with Crippen LogP contribution in [-0.2, 0) is 17.6 Å². The van der Waals surface area contributed by atoms with Gasteiger partial charge in [-0.2, -0.15) is 0 Å². The van der Waals surface area contributed by atoms with Crippen LogP contribution in [0.2, 0.25) is 0 Å². The largest absolute Gasteiger partial charge is 0.457 e. The lowest BCUT2D eigenvalue weighted by atomic mass is 10.1. The molecule has 0 fully saturated rings. The standard InChI is InChI=1S/C26H30N2O3/c1-5-7-20-10-13-23(14-11-20)31-24-9-6-8-21(17-24)28-26(29)25-15-12-22(27-19(25)3)16-18(2)30-4/h6,8-15,17-18H,5,7,16H2,1-4H3,(H,28,29). The Hall–Kier alpha value is -3.18. The molecule has 1 unspecified atom stereocenters. The SMILES string of the molecule is CCCc1ccc(Oc2cccc(NC(=O)c3ccc(CC(C)OC)nc3C)c2)cc1. The maximum absolute atomic E-state index is 12.8. The number of nitrogens with zero attached hydrogens (tertiary/aromatic N) is 1. The molecule has 0 saturated carbocycles. The van der Waals surface area contributed by atoms with Crippen molar-refractivity contribution < 1.29 is 14.3 Å². The molecule has 31 heavy (non-hydrogen) atoms. The third kappa shape index (κ3) is 6.40. The molecular weight excluding hydrogens is 388 g/mol. The molecule has 1 amide bonds. The van der Waals surface area contributed by atoms with Gasteiger partial charge in [-0.3, -0.25) is 9.78 Å². The van der Waals surface area contributed by atoms with E-state index in [2.05, 4.69) is 29.4 Å². The monoisotopic (exact) mass is 418 g/mol. The first-order valence-corrected chi connectivity index (χ1v) is 10.7. The van der Waals surface area contributed by atoms with E-state index >= 15 is 0 Å². The molecule has 3 aromatic rings. The number of anilines is 1. The highest BCUT2D eigenvalue weighted by Gasteiger charge is 2.13. The van der Waals surface area contributed by atoms with E-state index in [1.807, 2.05) is 62.4 Å². The molecule has 3 rings (SSSR count). The summed E-state index contributed by atoms with van der Waals surface area (Å²) in [6.07, 6.45) is 2.96. The molecule has 1 N–H and O–H groups in total. The fraction of sp³-hybridized carbons (Fsp3) is 0.308. The maximum Gasteiger partial charge on any atom is 0.257 e.